The smallest absolute Gasteiger partial charge is 0.305 e. The normalized spacial score (nSPS) is 21.1. The summed E-state index contributed by atoms with van der Waals surface area (Å²) in [5, 5.41) is 15.8. The van der Waals surface area contributed by atoms with Gasteiger partial charge in [0.2, 0.25) is 0 Å². The maximum absolute atomic E-state index is 10.8. The fourth-order valence-electron chi connectivity index (χ4n) is 2.37. The molecule has 2 heterocycles. The second kappa shape index (κ2) is 4.55. The number of nitrogens with one attached hydrogen (secondary N) is 1. The minimum atomic E-state index is -0.724. The van der Waals surface area contributed by atoms with Gasteiger partial charge in [0, 0.05) is 12.6 Å². The quantitative estimate of drug-likeness (QED) is 0.815. The molecule has 2 rings (SSSR count). The summed E-state index contributed by atoms with van der Waals surface area (Å²) in [5.74, 6) is -0.724. The molecule has 5 heteroatoms. The standard InChI is InChI=1S/C11H17N3O2/c1-8-10(7-12-13-8)14-5-3-2-4-9(14)6-11(15)16/h7,9H,2-6H2,1H3,(H,12,13)(H,15,16). The van der Waals surface area contributed by atoms with Crippen LogP contribution in [0.2, 0.25) is 0 Å². The molecule has 1 saturated heterocycles. The number of carbonyl (C=O) groups is 1. The molecule has 0 radical (unpaired) electrons. The van der Waals surface area contributed by atoms with Crippen LogP contribution in [0.3, 0.4) is 0 Å². The van der Waals surface area contributed by atoms with E-state index < -0.39 is 5.97 Å². The molecule has 0 saturated carbocycles. The molecular weight excluding hydrogens is 206 g/mol. The molecule has 88 valence electrons. The first kappa shape index (κ1) is 11.0. The van der Waals surface area contributed by atoms with E-state index in [1.165, 1.54) is 0 Å². The van der Waals surface area contributed by atoms with Gasteiger partial charge in [-0.15, -0.1) is 0 Å². The number of nitrogens with zero attached hydrogens (tertiary/aromatic N) is 2. The van der Waals surface area contributed by atoms with Crippen molar-refractivity contribution in [3.05, 3.63) is 11.9 Å². The lowest BCUT2D eigenvalue weighted by molar-refractivity contribution is -0.137. The summed E-state index contributed by atoms with van der Waals surface area (Å²) in [6, 6.07) is 0.113. The van der Waals surface area contributed by atoms with Crippen LogP contribution in [0, 0.1) is 6.92 Å². The van der Waals surface area contributed by atoms with Gasteiger partial charge in [-0.3, -0.25) is 9.89 Å². The summed E-state index contributed by atoms with van der Waals surface area (Å²) in [6.45, 7) is 2.90. The average molecular weight is 223 g/mol. The molecule has 0 spiro atoms. The van der Waals surface area contributed by atoms with Crippen molar-refractivity contribution < 1.29 is 9.90 Å². The van der Waals surface area contributed by atoms with E-state index in [0.29, 0.717) is 0 Å². The SMILES string of the molecule is Cc1[nH]ncc1N1CCCCC1CC(=O)O. The fraction of sp³-hybridized carbons (Fsp3) is 0.636. The van der Waals surface area contributed by atoms with Crippen LogP contribution >= 0.6 is 0 Å². The highest BCUT2D eigenvalue weighted by molar-refractivity contribution is 5.68. The number of carboxylic acid groups (broad SMARTS) is 1. The third-order valence-electron chi connectivity index (χ3n) is 3.15. The average Bonchev–Trinajstić information content (AvgIpc) is 2.64. The zero-order chi connectivity index (χ0) is 11.5. The minimum Gasteiger partial charge on any atom is -0.481 e. The Balaban J connectivity index is 2.16. The van der Waals surface area contributed by atoms with Crippen LogP contribution < -0.4 is 4.90 Å². The van der Waals surface area contributed by atoms with Gasteiger partial charge < -0.3 is 10.0 Å². The van der Waals surface area contributed by atoms with E-state index in [1.54, 1.807) is 6.20 Å². The molecule has 1 aliphatic heterocycles. The molecule has 0 aromatic carbocycles. The Morgan fingerprint density at radius 1 is 1.69 bits per heavy atom. The lowest BCUT2D eigenvalue weighted by Crippen LogP contribution is -2.41. The van der Waals surface area contributed by atoms with Crippen LogP contribution in [-0.4, -0.2) is 33.9 Å². The van der Waals surface area contributed by atoms with Gasteiger partial charge in [0.05, 0.1) is 24.0 Å². The van der Waals surface area contributed by atoms with Gasteiger partial charge in [-0.1, -0.05) is 0 Å². The van der Waals surface area contributed by atoms with Gasteiger partial charge in [-0.25, -0.2) is 0 Å². The summed E-state index contributed by atoms with van der Waals surface area (Å²) >= 11 is 0. The first-order chi connectivity index (χ1) is 7.68. The van der Waals surface area contributed by atoms with E-state index in [2.05, 4.69) is 15.1 Å². The Morgan fingerprint density at radius 3 is 3.12 bits per heavy atom. The topological polar surface area (TPSA) is 69.2 Å². The number of H-pyrrole nitrogens is 1. The number of rotatable bonds is 3. The molecule has 1 atom stereocenters. The molecule has 1 aliphatic rings. The van der Waals surface area contributed by atoms with E-state index in [0.717, 1.165) is 37.2 Å². The number of anilines is 1. The summed E-state index contributed by atoms with van der Waals surface area (Å²) in [6.07, 6.45) is 5.20. The van der Waals surface area contributed by atoms with E-state index in [9.17, 15) is 4.79 Å². The van der Waals surface area contributed by atoms with Gasteiger partial charge in [-0.05, 0) is 26.2 Å². The molecule has 0 aliphatic carbocycles. The number of aryl methyl sites for hydroxylation is 1. The van der Waals surface area contributed by atoms with Crippen LogP contribution in [0.15, 0.2) is 6.20 Å². The number of aromatic amines is 1. The highest BCUT2D eigenvalue weighted by Crippen LogP contribution is 2.27. The van der Waals surface area contributed by atoms with Crippen molar-refractivity contribution in [1.29, 1.82) is 0 Å². The van der Waals surface area contributed by atoms with E-state index >= 15 is 0 Å². The molecule has 2 N–H and O–H groups in total. The molecule has 0 bridgehead atoms. The van der Waals surface area contributed by atoms with Crippen molar-refractivity contribution in [3.8, 4) is 0 Å². The van der Waals surface area contributed by atoms with Crippen LogP contribution in [0.5, 0.6) is 0 Å². The molecule has 5 nitrogen and oxygen atoms in total. The van der Waals surface area contributed by atoms with Gasteiger partial charge in [0.15, 0.2) is 0 Å². The number of aliphatic carboxylic acids is 1. The van der Waals surface area contributed by atoms with Gasteiger partial charge >= 0.3 is 5.97 Å². The Hall–Kier alpha value is -1.52. The van der Waals surface area contributed by atoms with Crippen molar-refractivity contribution in [1.82, 2.24) is 10.2 Å². The van der Waals surface area contributed by atoms with Gasteiger partial charge in [0.25, 0.3) is 0 Å². The van der Waals surface area contributed by atoms with Crippen molar-refractivity contribution in [2.75, 3.05) is 11.4 Å². The molecule has 1 unspecified atom stereocenters. The summed E-state index contributed by atoms with van der Waals surface area (Å²) in [4.78, 5) is 13.0. The van der Waals surface area contributed by atoms with Gasteiger partial charge in [0.1, 0.15) is 0 Å². The zero-order valence-electron chi connectivity index (χ0n) is 9.44. The maximum Gasteiger partial charge on any atom is 0.305 e. The fourth-order valence-corrected chi connectivity index (χ4v) is 2.37. The third kappa shape index (κ3) is 2.18. The van der Waals surface area contributed by atoms with Crippen molar-refractivity contribution >= 4 is 11.7 Å². The van der Waals surface area contributed by atoms with Gasteiger partial charge in [-0.2, -0.15) is 5.10 Å². The Bertz CT molecular complexity index is 375. The molecule has 16 heavy (non-hydrogen) atoms. The summed E-state index contributed by atoms with van der Waals surface area (Å²) in [7, 11) is 0. The second-order valence-corrected chi connectivity index (χ2v) is 4.32. The predicted octanol–water partition coefficient (Wildman–Crippen LogP) is 1.55. The molecule has 0 amide bonds. The number of aromatic nitrogens is 2. The Kier molecular flexibility index (Phi) is 3.12. The highest BCUT2D eigenvalue weighted by Gasteiger charge is 2.26. The lowest BCUT2D eigenvalue weighted by Gasteiger charge is -2.36. The van der Waals surface area contributed by atoms with Crippen molar-refractivity contribution in [3.63, 3.8) is 0 Å². The number of hydrogen-bond donors (Lipinski definition) is 2. The Labute approximate surface area is 94.5 Å². The summed E-state index contributed by atoms with van der Waals surface area (Å²) in [5.41, 5.74) is 2.06. The van der Waals surface area contributed by atoms with Crippen LogP contribution in [0.4, 0.5) is 5.69 Å². The molecule has 1 fully saturated rings. The predicted molar refractivity (Wildman–Crippen MR) is 60.6 cm³/mol. The van der Waals surface area contributed by atoms with E-state index in [1.807, 2.05) is 6.92 Å². The van der Waals surface area contributed by atoms with E-state index in [4.69, 9.17) is 5.11 Å². The number of hydrogen-bond acceptors (Lipinski definition) is 3. The lowest BCUT2D eigenvalue weighted by atomic mass is 9.98. The van der Waals surface area contributed by atoms with Crippen molar-refractivity contribution in [2.24, 2.45) is 0 Å². The molecular formula is C11H17N3O2. The largest absolute Gasteiger partial charge is 0.481 e. The monoisotopic (exact) mass is 223 g/mol. The van der Waals surface area contributed by atoms with E-state index in [-0.39, 0.29) is 12.5 Å². The van der Waals surface area contributed by atoms with Crippen LogP contribution in [0.25, 0.3) is 0 Å². The summed E-state index contributed by atoms with van der Waals surface area (Å²) < 4.78 is 0. The highest BCUT2D eigenvalue weighted by atomic mass is 16.4. The first-order valence-corrected chi connectivity index (χ1v) is 5.67. The van der Waals surface area contributed by atoms with Crippen LogP contribution in [-0.2, 0) is 4.79 Å². The van der Waals surface area contributed by atoms with Crippen molar-refractivity contribution in [2.45, 2.75) is 38.6 Å². The molecule has 1 aromatic heterocycles. The zero-order valence-corrected chi connectivity index (χ0v) is 9.44. The number of piperidine rings is 1. The van der Waals surface area contributed by atoms with Crippen LogP contribution in [0.1, 0.15) is 31.4 Å². The first-order valence-electron chi connectivity index (χ1n) is 5.67. The number of carboxylic acids is 1. The molecule has 1 aromatic rings. The second-order valence-electron chi connectivity index (χ2n) is 4.32. The maximum atomic E-state index is 10.8. The minimum absolute atomic E-state index is 0.113. The third-order valence-corrected chi connectivity index (χ3v) is 3.15. The Morgan fingerprint density at radius 2 is 2.50 bits per heavy atom.